The van der Waals surface area contributed by atoms with Crippen LogP contribution >= 0.6 is 0 Å². The van der Waals surface area contributed by atoms with Crippen molar-refractivity contribution in [3.05, 3.63) is 114 Å². The summed E-state index contributed by atoms with van der Waals surface area (Å²) in [6.45, 7) is 2.09. The van der Waals surface area contributed by atoms with Crippen LogP contribution < -0.4 is 13.9 Å². The lowest BCUT2D eigenvalue weighted by molar-refractivity contribution is -0.686. The second-order valence-electron chi connectivity index (χ2n) is 10.4. The smallest absolute Gasteiger partial charge is 0.221 e. The van der Waals surface area contributed by atoms with Gasteiger partial charge in [-0.25, -0.2) is 0 Å². The van der Waals surface area contributed by atoms with Crippen LogP contribution in [0, 0.1) is 0 Å². The highest BCUT2D eigenvalue weighted by Gasteiger charge is 2.32. The first-order chi connectivity index (χ1) is 18.8. The Balaban J connectivity index is 1.43. The second-order valence-corrected chi connectivity index (χ2v) is 10.4. The van der Waals surface area contributed by atoms with E-state index < -0.39 is 0 Å². The fraction of sp³-hybridized carbons (Fsp3) is 0.200. The molecular weight excluding hydrogens is 464 g/mol. The molecule has 2 aliphatic rings. The monoisotopic (exact) mass is 496 g/mol. The number of rotatable bonds is 3. The van der Waals surface area contributed by atoms with Gasteiger partial charge in [-0.2, -0.15) is 9.13 Å². The molecule has 0 unspecified atom stereocenters. The molecule has 0 saturated heterocycles. The third-order valence-corrected chi connectivity index (χ3v) is 8.14. The van der Waals surface area contributed by atoms with E-state index in [2.05, 4.69) is 100 Å². The minimum Gasteiger partial charge on any atom is -0.497 e. The number of aryl methyl sites for hydroxylation is 4. The van der Waals surface area contributed by atoms with E-state index in [1.54, 1.807) is 7.11 Å². The molecule has 0 N–H and O–H groups in total. The van der Waals surface area contributed by atoms with Gasteiger partial charge in [-0.3, -0.25) is 0 Å². The second kappa shape index (κ2) is 9.57. The van der Waals surface area contributed by atoms with E-state index in [1.807, 2.05) is 12.1 Å². The van der Waals surface area contributed by atoms with Crippen LogP contribution in [0.15, 0.2) is 91.3 Å². The molecule has 0 amide bonds. The summed E-state index contributed by atoms with van der Waals surface area (Å²) in [7, 11) is 1.70. The Hall–Kier alpha value is -4.24. The number of pyridine rings is 2. The van der Waals surface area contributed by atoms with Crippen LogP contribution in [0.25, 0.3) is 45.4 Å². The normalized spacial score (nSPS) is 14.2. The third-order valence-electron chi connectivity index (χ3n) is 8.14. The van der Waals surface area contributed by atoms with Crippen LogP contribution in [0.1, 0.15) is 35.1 Å². The zero-order chi connectivity index (χ0) is 25.5. The molecule has 0 aliphatic carbocycles. The van der Waals surface area contributed by atoms with Gasteiger partial charge in [-0.05, 0) is 58.7 Å². The Morgan fingerprint density at radius 1 is 0.684 bits per heavy atom. The summed E-state index contributed by atoms with van der Waals surface area (Å²) in [6, 6.07) is 28.8. The van der Waals surface area contributed by atoms with Gasteiger partial charge in [0.25, 0.3) is 0 Å². The molecule has 186 valence electrons. The first-order valence-electron chi connectivity index (χ1n) is 13.7. The molecule has 0 saturated carbocycles. The molecule has 0 spiro atoms. The lowest BCUT2D eigenvalue weighted by atomic mass is 9.87. The van der Waals surface area contributed by atoms with Crippen molar-refractivity contribution in [2.45, 2.75) is 38.8 Å². The lowest BCUT2D eigenvalue weighted by Crippen LogP contribution is -2.36. The molecule has 0 radical (unpaired) electrons. The maximum Gasteiger partial charge on any atom is 0.221 e. The summed E-state index contributed by atoms with van der Waals surface area (Å²) in [4.78, 5) is 0. The zero-order valence-electron chi connectivity index (χ0n) is 21.9. The fourth-order valence-corrected chi connectivity index (χ4v) is 6.24. The van der Waals surface area contributed by atoms with E-state index >= 15 is 0 Å². The van der Waals surface area contributed by atoms with Crippen LogP contribution in [0.3, 0.4) is 0 Å². The van der Waals surface area contributed by atoms with Gasteiger partial charge in [-0.15, -0.1) is 0 Å². The molecular formula is C35H32N2O+2. The predicted molar refractivity (Wildman–Crippen MR) is 154 cm³/mol. The molecule has 3 heteroatoms. The minimum absolute atomic E-state index is 0.881. The van der Waals surface area contributed by atoms with Gasteiger partial charge < -0.3 is 4.74 Å². The standard InChI is InChI=1S/C35H32N2O/c1-38-30-16-12-25(13-17-30)10-11-26-18-22-36-20-4-7-28-14-15-29-8-5-21-37-23-19-27-6-2-3-9-31(27)35(37)34(29)33(28)32(36)24-26/h2-3,6,9-19,22-24H,4-5,7-8,20-21H2,1H3/q+2. The van der Waals surface area contributed by atoms with Crippen molar-refractivity contribution in [3.8, 4) is 28.3 Å². The molecule has 3 nitrogen and oxygen atoms in total. The van der Waals surface area contributed by atoms with E-state index in [0.717, 1.165) is 44.5 Å². The lowest BCUT2D eigenvalue weighted by Gasteiger charge is -2.15. The van der Waals surface area contributed by atoms with Gasteiger partial charge in [0.1, 0.15) is 18.8 Å². The maximum atomic E-state index is 5.32. The average Bonchev–Trinajstić information content (AvgIpc) is 3.27. The number of methoxy groups -OCH3 is 1. The zero-order valence-corrected chi connectivity index (χ0v) is 21.9. The highest BCUT2D eigenvalue weighted by molar-refractivity contribution is 5.98. The van der Waals surface area contributed by atoms with E-state index in [9.17, 15) is 0 Å². The number of aromatic nitrogens is 2. The van der Waals surface area contributed by atoms with Crippen LogP contribution in [0.4, 0.5) is 0 Å². The van der Waals surface area contributed by atoms with Crippen molar-refractivity contribution in [2.75, 3.05) is 7.11 Å². The Bertz CT molecular complexity index is 1700. The topological polar surface area (TPSA) is 17.0 Å². The molecule has 38 heavy (non-hydrogen) atoms. The summed E-state index contributed by atoms with van der Waals surface area (Å²) in [5.74, 6) is 0.881. The summed E-state index contributed by atoms with van der Waals surface area (Å²) in [5.41, 5.74) is 10.9. The first-order valence-corrected chi connectivity index (χ1v) is 13.7. The predicted octanol–water partition coefficient (Wildman–Crippen LogP) is 6.82. The van der Waals surface area contributed by atoms with E-state index in [1.165, 1.54) is 55.5 Å². The quantitative estimate of drug-likeness (QED) is 0.251. The van der Waals surface area contributed by atoms with Crippen molar-refractivity contribution >= 4 is 22.9 Å². The molecule has 4 heterocycles. The number of nitrogens with zero attached hydrogens (tertiary/aromatic N) is 2. The van der Waals surface area contributed by atoms with Gasteiger partial charge in [0.2, 0.25) is 11.4 Å². The Morgan fingerprint density at radius 3 is 2.21 bits per heavy atom. The van der Waals surface area contributed by atoms with Crippen LogP contribution in [-0.4, -0.2) is 7.11 Å². The maximum absolute atomic E-state index is 5.32. The van der Waals surface area contributed by atoms with Gasteiger partial charge >= 0.3 is 0 Å². The number of ether oxygens (including phenoxy) is 1. The van der Waals surface area contributed by atoms with Gasteiger partial charge in [0, 0.05) is 31.0 Å². The van der Waals surface area contributed by atoms with Crippen LogP contribution in [0.2, 0.25) is 0 Å². The molecule has 5 aromatic rings. The summed E-state index contributed by atoms with van der Waals surface area (Å²) in [6.07, 6.45) is 13.5. The van der Waals surface area contributed by atoms with E-state index in [-0.39, 0.29) is 0 Å². The Kier molecular flexibility index (Phi) is 5.77. The van der Waals surface area contributed by atoms with Gasteiger partial charge in [-0.1, -0.05) is 54.6 Å². The van der Waals surface area contributed by atoms with E-state index in [0.29, 0.717) is 0 Å². The average molecular weight is 497 g/mol. The van der Waals surface area contributed by atoms with Crippen LogP contribution in [-0.2, 0) is 25.9 Å². The number of hydrogen-bond donors (Lipinski definition) is 0. The number of hydrogen-bond acceptors (Lipinski definition) is 1. The first kappa shape index (κ1) is 22.9. The fourth-order valence-electron chi connectivity index (χ4n) is 6.24. The minimum atomic E-state index is 0.881. The SMILES string of the molecule is COc1ccc(C=Cc2cc[n+]3c(c2)-c2c(ccc4c2-c2c5ccccc5cc[n+]2CCC4)CCC3)cc1. The largest absolute Gasteiger partial charge is 0.497 e. The molecule has 7 rings (SSSR count). The van der Waals surface area contributed by atoms with Crippen molar-refractivity contribution in [3.63, 3.8) is 0 Å². The Labute approximate surface area is 224 Å². The van der Waals surface area contributed by atoms with Crippen molar-refractivity contribution in [2.24, 2.45) is 0 Å². The van der Waals surface area contributed by atoms with Crippen molar-refractivity contribution in [1.82, 2.24) is 0 Å². The summed E-state index contributed by atoms with van der Waals surface area (Å²) >= 11 is 0. The molecule has 3 aromatic carbocycles. The van der Waals surface area contributed by atoms with Gasteiger partial charge in [0.15, 0.2) is 12.4 Å². The van der Waals surface area contributed by atoms with Gasteiger partial charge in [0.05, 0.1) is 23.6 Å². The molecule has 0 bridgehead atoms. The third kappa shape index (κ3) is 3.99. The number of benzene rings is 3. The molecule has 2 aromatic heterocycles. The molecule has 0 fully saturated rings. The van der Waals surface area contributed by atoms with Crippen LogP contribution in [0.5, 0.6) is 5.75 Å². The van der Waals surface area contributed by atoms with Crippen molar-refractivity contribution in [1.29, 1.82) is 0 Å². The summed E-state index contributed by atoms with van der Waals surface area (Å²) in [5, 5.41) is 2.65. The molecule has 0 atom stereocenters. The molecule has 2 aliphatic heterocycles. The Morgan fingerprint density at radius 2 is 1.39 bits per heavy atom. The summed E-state index contributed by atoms with van der Waals surface area (Å²) < 4.78 is 10.3. The van der Waals surface area contributed by atoms with E-state index in [4.69, 9.17) is 4.74 Å². The van der Waals surface area contributed by atoms with Crippen molar-refractivity contribution < 1.29 is 13.9 Å². The highest BCUT2D eigenvalue weighted by atomic mass is 16.5. The number of fused-ring (bicyclic) bond motifs is 9. The highest BCUT2D eigenvalue weighted by Crippen LogP contribution is 2.41.